The molecule has 7 nitrogen and oxygen atoms in total. The van der Waals surface area contributed by atoms with E-state index in [1.165, 1.54) is 0 Å². The number of rotatable bonds is 3. The third kappa shape index (κ3) is 7.24. The Bertz CT molecular complexity index is 175. The predicted molar refractivity (Wildman–Crippen MR) is 34.0 cm³/mol. The molecule has 0 saturated heterocycles. The van der Waals surface area contributed by atoms with Crippen LogP contribution in [0.4, 0.5) is 0 Å². The van der Waals surface area contributed by atoms with Crippen LogP contribution in [0.25, 0.3) is 0 Å². The van der Waals surface area contributed by atoms with Crippen LogP contribution < -0.4 is 0 Å². The number of aliphatic hydroxyl groups excluding tert-OH is 2. The van der Waals surface area contributed by atoms with Gasteiger partial charge < -0.3 is 20.4 Å². The van der Waals surface area contributed by atoms with E-state index in [0.717, 1.165) is 0 Å². The summed E-state index contributed by atoms with van der Waals surface area (Å²) in [6.07, 6.45) is -4.53. The van der Waals surface area contributed by atoms with Gasteiger partial charge in [0.15, 0.2) is 12.2 Å². The Labute approximate surface area is 83.7 Å². The molecule has 0 spiro atoms. The van der Waals surface area contributed by atoms with Crippen LogP contribution in [-0.4, -0.2) is 44.6 Å². The molecule has 0 aromatic carbocycles. The molecule has 0 aromatic heterocycles. The number of carbonyl (C=O) groups is 2. The molecule has 0 rings (SSSR count). The molecule has 0 bridgehead atoms. The second-order valence-corrected chi connectivity index (χ2v) is 1.57. The summed E-state index contributed by atoms with van der Waals surface area (Å²) in [6, 6.07) is 0. The number of aliphatic carboxylic acids is 2. The summed E-state index contributed by atoms with van der Waals surface area (Å²) in [6.45, 7) is 3.50. The van der Waals surface area contributed by atoms with Crippen LogP contribution in [-0.2, 0) is 26.7 Å². The van der Waals surface area contributed by atoms with Gasteiger partial charge in [-0.15, -0.1) is 0 Å². The maximum Gasteiger partial charge on any atom is 0.335 e. The number of nitriles is 1. The normalized spacial score (nSPS) is 12.3. The molecular weight excluding hydrogens is 234 g/mol. The third-order valence-electron chi connectivity index (χ3n) is 0.805. The Hall–Kier alpha value is -1.13. The minimum Gasteiger partial charge on any atom is -0.479 e. The second kappa shape index (κ2) is 8.96. The van der Waals surface area contributed by atoms with Crippen molar-refractivity contribution in [2.45, 2.75) is 12.2 Å². The smallest absolute Gasteiger partial charge is 0.335 e. The summed E-state index contributed by atoms with van der Waals surface area (Å²) in [5.41, 5.74) is 0. The first-order chi connectivity index (χ1) is 5.46. The predicted octanol–water partition coefficient (Wildman–Crippen LogP) is -1.99. The second-order valence-electron chi connectivity index (χ2n) is 1.57. The van der Waals surface area contributed by atoms with Gasteiger partial charge in [-0.25, -0.2) is 14.9 Å². The number of aliphatic hydroxyl groups is 2. The number of carboxylic acids is 2. The van der Waals surface area contributed by atoms with Crippen molar-refractivity contribution in [1.29, 1.82) is 5.26 Å². The first kappa shape index (κ1) is 17.8. The molecule has 13 heavy (non-hydrogen) atoms. The van der Waals surface area contributed by atoms with Crippen molar-refractivity contribution >= 4 is 11.9 Å². The zero-order chi connectivity index (χ0) is 10.3. The molecule has 4 N–H and O–H groups in total. The fraction of sp³-hybridized carbons (Fsp3) is 0.400. The molecule has 0 amide bonds. The van der Waals surface area contributed by atoms with E-state index >= 15 is 0 Å². The first-order valence-electron chi connectivity index (χ1n) is 2.54. The van der Waals surface area contributed by atoms with Gasteiger partial charge in [-0.1, -0.05) is 0 Å². The summed E-state index contributed by atoms with van der Waals surface area (Å²) >= 11 is 0. The Morgan fingerprint density at radius 2 is 1.15 bits per heavy atom. The van der Waals surface area contributed by atoms with Crippen molar-refractivity contribution < 1.29 is 47.1 Å². The van der Waals surface area contributed by atoms with Gasteiger partial charge in [-0.05, 0) is 0 Å². The molecule has 0 aliphatic carbocycles. The quantitative estimate of drug-likeness (QED) is 0.419. The summed E-state index contributed by atoms with van der Waals surface area (Å²) in [4.78, 5) is 19.5. The summed E-state index contributed by atoms with van der Waals surface area (Å²) in [5.74, 6) is -3.54. The van der Waals surface area contributed by atoms with Crippen LogP contribution in [0.3, 0.4) is 0 Å². The van der Waals surface area contributed by atoms with Crippen LogP contribution in [0, 0.1) is 11.8 Å². The maximum absolute atomic E-state index is 9.77. The van der Waals surface area contributed by atoms with E-state index in [-0.39, 0.29) is 17.1 Å². The van der Waals surface area contributed by atoms with E-state index in [0.29, 0.717) is 0 Å². The molecule has 0 saturated carbocycles. The molecule has 0 aliphatic rings. The number of hydrogen-bond acceptors (Lipinski definition) is 5. The van der Waals surface area contributed by atoms with Crippen LogP contribution in [0.1, 0.15) is 0 Å². The molecule has 79 valence electrons. The van der Waals surface area contributed by atoms with E-state index in [2.05, 4.69) is 6.57 Å². The van der Waals surface area contributed by atoms with Crippen LogP contribution in [0.2, 0.25) is 0 Å². The molecular formula is C5H7CuNO6. The molecule has 2 unspecified atom stereocenters. The van der Waals surface area contributed by atoms with Crippen molar-refractivity contribution in [3.05, 3.63) is 0 Å². The van der Waals surface area contributed by atoms with Gasteiger partial charge in [0.25, 0.3) is 0 Å². The molecule has 1 radical (unpaired) electrons. The first-order valence-corrected chi connectivity index (χ1v) is 2.54. The van der Waals surface area contributed by atoms with Gasteiger partial charge in [0, 0.05) is 23.6 Å². The molecule has 0 heterocycles. The summed E-state index contributed by atoms with van der Waals surface area (Å²) in [7, 11) is 0. The van der Waals surface area contributed by atoms with Gasteiger partial charge in [-0.2, -0.15) is 0 Å². The molecule has 0 fully saturated rings. The fourth-order valence-electron chi connectivity index (χ4n) is 0.270. The van der Waals surface area contributed by atoms with Crippen LogP contribution in [0.15, 0.2) is 0 Å². The van der Waals surface area contributed by atoms with Gasteiger partial charge in [0.05, 0.1) is 0 Å². The van der Waals surface area contributed by atoms with Crippen LogP contribution >= 0.6 is 0 Å². The van der Waals surface area contributed by atoms with E-state index < -0.39 is 24.1 Å². The minimum absolute atomic E-state index is 0. The number of nitrogens with zero attached hydrogens (tertiary/aromatic N) is 1. The third-order valence-corrected chi connectivity index (χ3v) is 0.805. The standard InChI is InChI=1S/C4H6O6.CHN.Cu/c5-1(3(7)8)2(6)4(9)10;1-2;/h1-2,5-6H,(H,7,8)(H,9,10);1H;. The fourth-order valence-corrected chi connectivity index (χ4v) is 0.270. The Morgan fingerprint density at radius 3 is 1.23 bits per heavy atom. The minimum atomic E-state index is -2.27. The molecule has 8 heteroatoms. The largest absolute Gasteiger partial charge is 0.479 e. The molecule has 2 atom stereocenters. The van der Waals surface area contributed by atoms with Crippen LogP contribution in [0.5, 0.6) is 0 Å². The molecule has 0 aromatic rings. The van der Waals surface area contributed by atoms with Crippen molar-refractivity contribution in [2.24, 2.45) is 0 Å². The van der Waals surface area contributed by atoms with Crippen molar-refractivity contribution in [3.63, 3.8) is 0 Å². The van der Waals surface area contributed by atoms with Gasteiger partial charge in [0.1, 0.15) is 0 Å². The number of carboxylic acid groups (broad SMARTS) is 2. The monoisotopic (exact) mass is 240 g/mol. The molecule has 0 aliphatic heterocycles. The average molecular weight is 241 g/mol. The topological polar surface area (TPSA) is 139 Å². The summed E-state index contributed by atoms with van der Waals surface area (Å²) in [5, 5.41) is 39.0. The Balaban J connectivity index is -0.000000309. The van der Waals surface area contributed by atoms with E-state index in [4.69, 9.17) is 25.7 Å². The Kier molecular flexibility index (Phi) is 12.3. The maximum atomic E-state index is 9.77. The zero-order valence-electron chi connectivity index (χ0n) is 6.09. The zero-order valence-corrected chi connectivity index (χ0v) is 7.03. The SMILES string of the molecule is C#N.O=C(O)C(O)C(O)C(=O)O.[Cu]. The van der Waals surface area contributed by atoms with Gasteiger partial charge in [0.2, 0.25) is 0 Å². The number of hydrogen-bond donors (Lipinski definition) is 4. The van der Waals surface area contributed by atoms with Gasteiger partial charge >= 0.3 is 11.9 Å². The van der Waals surface area contributed by atoms with Gasteiger partial charge in [-0.3, -0.25) is 0 Å². The Morgan fingerprint density at radius 1 is 1.00 bits per heavy atom. The average Bonchev–Trinajstić information content (AvgIpc) is 2.05. The summed E-state index contributed by atoms with van der Waals surface area (Å²) < 4.78 is 0. The van der Waals surface area contributed by atoms with Crippen molar-refractivity contribution in [1.82, 2.24) is 0 Å². The van der Waals surface area contributed by atoms with Crippen molar-refractivity contribution in [2.75, 3.05) is 0 Å². The van der Waals surface area contributed by atoms with E-state index in [9.17, 15) is 9.59 Å². The van der Waals surface area contributed by atoms with E-state index in [1.807, 2.05) is 0 Å². The van der Waals surface area contributed by atoms with Crippen molar-refractivity contribution in [3.8, 4) is 6.57 Å². The van der Waals surface area contributed by atoms with E-state index in [1.54, 1.807) is 0 Å².